The van der Waals surface area contributed by atoms with E-state index in [1.165, 1.54) is 11.8 Å². The van der Waals surface area contributed by atoms with Crippen molar-refractivity contribution in [3.8, 4) is 5.75 Å². The molecule has 0 saturated carbocycles. The second kappa shape index (κ2) is 5.66. The number of nitrogens with one attached hydrogen (secondary N) is 1. The molecule has 124 valence electrons. The number of phenolic OH excluding ortho intramolecular Hbond substituents is 1. The number of phenols is 1. The van der Waals surface area contributed by atoms with Crippen molar-refractivity contribution in [3.05, 3.63) is 41.1 Å². The van der Waals surface area contributed by atoms with Gasteiger partial charge in [0.2, 0.25) is 11.1 Å². The zero-order valence-corrected chi connectivity index (χ0v) is 14.3. The number of allylic oxidation sites excluding steroid dienone is 2. The number of rotatable bonds is 2. The molecule has 0 bridgehead atoms. The number of thioether (sulfide) groups is 1. The summed E-state index contributed by atoms with van der Waals surface area (Å²) in [6.07, 6.45) is 3.28. The van der Waals surface area contributed by atoms with Crippen LogP contribution in [0, 0.1) is 5.92 Å². The lowest BCUT2D eigenvalue weighted by atomic mass is 9.81. The van der Waals surface area contributed by atoms with Crippen LogP contribution in [0.2, 0.25) is 0 Å². The van der Waals surface area contributed by atoms with Gasteiger partial charge in [0.05, 0.1) is 0 Å². The molecule has 1 aromatic heterocycles. The van der Waals surface area contributed by atoms with Gasteiger partial charge in [-0.1, -0.05) is 30.8 Å². The van der Waals surface area contributed by atoms with Crippen molar-refractivity contribution in [2.75, 3.05) is 11.6 Å². The number of nitrogens with zero attached hydrogens (tertiary/aromatic N) is 3. The van der Waals surface area contributed by atoms with E-state index in [1.807, 2.05) is 12.3 Å². The summed E-state index contributed by atoms with van der Waals surface area (Å²) in [5, 5.41) is 18.4. The van der Waals surface area contributed by atoms with Gasteiger partial charge in [-0.05, 0) is 36.3 Å². The van der Waals surface area contributed by atoms with Gasteiger partial charge in [-0.2, -0.15) is 4.98 Å². The number of carbonyl (C=O) groups excluding carboxylic acids is 1. The zero-order valence-electron chi connectivity index (χ0n) is 13.5. The fourth-order valence-corrected chi connectivity index (χ4v) is 3.82. The number of aromatic hydroxyl groups is 1. The first-order valence-electron chi connectivity index (χ1n) is 7.89. The van der Waals surface area contributed by atoms with Gasteiger partial charge in [0.15, 0.2) is 5.78 Å². The quantitative estimate of drug-likeness (QED) is 0.817. The number of fused-ring (bicyclic) bond motifs is 1. The fourth-order valence-electron chi connectivity index (χ4n) is 3.48. The maximum Gasteiger partial charge on any atom is 0.227 e. The summed E-state index contributed by atoms with van der Waals surface area (Å²) in [4.78, 5) is 17.3. The minimum absolute atomic E-state index is 0.136. The molecule has 2 atom stereocenters. The van der Waals surface area contributed by atoms with E-state index in [-0.39, 0.29) is 17.6 Å². The van der Waals surface area contributed by atoms with Crippen LogP contribution in [0.3, 0.4) is 0 Å². The van der Waals surface area contributed by atoms with Crippen molar-refractivity contribution in [1.29, 1.82) is 0 Å². The molecule has 2 heterocycles. The van der Waals surface area contributed by atoms with E-state index in [2.05, 4.69) is 22.3 Å². The van der Waals surface area contributed by atoms with E-state index in [0.29, 0.717) is 23.4 Å². The van der Waals surface area contributed by atoms with Crippen LogP contribution in [0.1, 0.15) is 31.4 Å². The van der Waals surface area contributed by atoms with E-state index in [4.69, 9.17) is 0 Å². The molecule has 24 heavy (non-hydrogen) atoms. The van der Waals surface area contributed by atoms with Gasteiger partial charge < -0.3 is 10.4 Å². The molecule has 0 radical (unpaired) electrons. The molecule has 0 spiro atoms. The molecule has 0 unspecified atom stereocenters. The number of benzene rings is 1. The van der Waals surface area contributed by atoms with Crippen molar-refractivity contribution in [1.82, 2.24) is 14.8 Å². The van der Waals surface area contributed by atoms with Gasteiger partial charge >= 0.3 is 0 Å². The molecule has 7 heteroatoms. The molecule has 2 aromatic rings. The highest BCUT2D eigenvalue weighted by molar-refractivity contribution is 7.98. The largest absolute Gasteiger partial charge is 0.508 e. The Bertz CT molecular complexity index is 858. The smallest absolute Gasteiger partial charge is 0.227 e. The third-order valence-electron chi connectivity index (χ3n) is 4.47. The SMILES string of the molecule is CSc1nc2n(n1)[C@@H](c1cccc(O)c1)C1=C(C[C@H](C)CC1=O)N2. The summed E-state index contributed by atoms with van der Waals surface area (Å²) >= 11 is 1.46. The average Bonchev–Trinajstić information content (AvgIpc) is 2.95. The van der Waals surface area contributed by atoms with Gasteiger partial charge in [-0.15, -0.1) is 5.10 Å². The van der Waals surface area contributed by atoms with Gasteiger partial charge in [0.25, 0.3) is 0 Å². The summed E-state index contributed by atoms with van der Waals surface area (Å²) in [7, 11) is 0. The van der Waals surface area contributed by atoms with Gasteiger partial charge in [-0.3, -0.25) is 4.79 Å². The molecule has 2 aliphatic rings. The van der Waals surface area contributed by atoms with Crippen LogP contribution in [0.5, 0.6) is 5.75 Å². The normalized spacial score (nSPS) is 22.8. The minimum Gasteiger partial charge on any atom is -0.508 e. The van der Waals surface area contributed by atoms with Crippen molar-refractivity contribution < 1.29 is 9.90 Å². The van der Waals surface area contributed by atoms with E-state index in [9.17, 15) is 9.90 Å². The predicted octanol–water partition coefficient (Wildman–Crippen LogP) is 2.97. The monoisotopic (exact) mass is 342 g/mol. The molecule has 0 fully saturated rings. The average molecular weight is 342 g/mol. The lowest BCUT2D eigenvalue weighted by molar-refractivity contribution is -0.117. The number of Topliss-reactive ketones (excluding diaryl/α,β-unsaturated/α-hetero) is 1. The Morgan fingerprint density at radius 3 is 2.96 bits per heavy atom. The Morgan fingerprint density at radius 2 is 2.21 bits per heavy atom. The number of aromatic nitrogens is 3. The first-order valence-corrected chi connectivity index (χ1v) is 9.12. The van der Waals surface area contributed by atoms with Crippen molar-refractivity contribution in [2.45, 2.75) is 31.0 Å². The summed E-state index contributed by atoms with van der Waals surface area (Å²) in [6, 6.07) is 6.66. The second-order valence-corrected chi connectivity index (χ2v) is 7.09. The molecular weight excluding hydrogens is 324 g/mol. The Balaban J connectivity index is 1.92. The number of hydrogen-bond acceptors (Lipinski definition) is 6. The molecule has 1 aromatic carbocycles. The zero-order chi connectivity index (χ0) is 16.8. The third-order valence-corrected chi connectivity index (χ3v) is 5.01. The third kappa shape index (κ3) is 2.39. The number of carbonyl (C=O) groups is 1. The number of anilines is 1. The first kappa shape index (κ1) is 15.3. The summed E-state index contributed by atoms with van der Waals surface area (Å²) < 4.78 is 1.76. The van der Waals surface area contributed by atoms with Crippen molar-refractivity contribution >= 4 is 23.5 Å². The summed E-state index contributed by atoms with van der Waals surface area (Å²) in [5.74, 6) is 1.27. The maximum atomic E-state index is 12.8. The lowest BCUT2D eigenvalue weighted by Gasteiger charge is -2.34. The molecule has 0 saturated heterocycles. The highest BCUT2D eigenvalue weighted by Crippen LogP contribution is 2.42. The Labute approximate surface area is 144 Å². The van der Waals surface area contributed by atoms with E-state index in [0.717, 1.165) is 23.3 Å². The van der Waals surface area contributed by atoms with Crippen LogP contribution < -0.4 is 5.32 Å². The molecule has 6 nitrogen and oxygen atoms in total. The van der Waals surface area contributed by atoms with E-state index < -0.39 is 0 Å². The van der Waals surface area contributed by atoms with Crippen LogP contribution in [0.15, 0.2) is 40.7 Å². The fraction of sp³-hybridized carbons (Fsp3) is 0.353. The van der Waals surface area contributed by atoms with E-state index in [1.54, 1.807) is 22.9 Å². The van der Waals surface area contributed by atoms with Crippen LogP contribution >= 0.6 is 11.8 Å². The standard InChI is InChI=1S/C17H18N4O2S/c1-9-6-12-14(13(23)7-9)15(10-4-3-5-11(22)8-10)21-16(18-12)19-17(20-21)24-2/h3-5,8-9,15,22H,6-7H2,1-2H3,(H,18,19,20)/t9-,15-/m0/s1. The highest BCUT2D eigenvalue weighted by Gasteiger charge is 2.38. The first-order chi connectivity index (χ1) is 11.6. The molecule has 0 amide bonds. The molecule has 1 aliphatic carbocycles. The highest BCUT2D eigenvalue weighted by atomic mass is 32.2. The van der Waals surface area contributed by atoms with Crippen molar-refractivity contribution in [2.24, 2.45) is 5.92 Å². The van der Waals surface area contributed by atoms with Crippen LogP contribution in [-0.4, -0.2) is 31.9 Å². The Kier molecular flexibility index (Phi) is 3.60. The van der Waals surface area contributed by atoms with Gasteiger partial charge in [0, 0.05) is 17.7 Å². The van der Waals surface area contributed by atoms with Gasteiger partial charge in [0.1, 0.15) is 11.8 Å². The molecule has 2 N–H and O–H groups in total. The molecule has 1 aliphatic heterocycles. The maximum absolute atomic E-state index is 12.8. The summed E-state index contributed by atoms with van der Waals surface area (Å²) in [5.41, 5.74) is 2.51. The lowest BCUT2D eigenvalue weighted by Crippen LogP contribution is -2.33. The Hall–Kier alpha value is -2.28. The minimum atomic E-state index is -0.350. The Morgan fingerprint density at radius 1 is 1.38 bits per heavy atom. The van der Waals surface area contributed by atoms with Crippen LogP contribution in [0.4, 0.5) is 5.95 Å². The van der Waals surface area contributed by atoms with Crippen molar-refractivity contribution in [3.63, 3.8) is 0 Å². The van der Waals surface area contributed by atoms with Crippen LogP contribution in [-0.2, 0) is 4.79 Å². The predicted molar refractivity (Wildman–Crippen MR) is 92.1 cm³/mol. The number of ketones is 1. The van der Waals surface area contributed by atoms with E-state index >= 15 is 0 Å². The van der Waals surface area contributed by atoms with Crippen LogP contribution in [0.25, 0.3) is 0 Å². The molecular formula is C17H18N4O2S. The topological polar surface area (TPSA) is 80.0 Å². The molecule has 4 rings (SSSR count). The summed E-state index contributed by atoms with van der Waals surface area (Å²) in [6.45, 7) is 2.08. The second-order valence-electron chi connectivity index (χ2n) is 6.32. The number of hydrogen-bond donors (Lipinski definition) is 2. The van der Waals surface area contributed by atoms with Gasteiger partial charge in [-0.25, -0.2) is 4.68 Å².